The quantitative estimate of drug-likeness (QED) is 0.468. The number of imidazole rings is 1. The molecule has 1 aliphatic heterocycles. The van der Waals surface area contributed by atoms with Crippen LogP contribution in [0.2, 0.25) is 0 Å². The van der Waals surface area contributed by atoms with Crippen molar-refractivity contribution in [1.29, 1.82) is 0 Å². The molecular formula is C24H26FN5OS. The minimum absolute atomic E-state index is 0.197. The Hall–Kier alpha value is -2.97. The molecule has 1 aliphatic rings. The maximum atomic E-state index is 13.3. The number of hydrogen-bond acceptors (Lipinski definition) is 6. The number of aryl methyl sites for hydroxylation is 1. The summed E-state index contributed by atoms with van der Waals surface area (Å²) < 4.78 is 15.4. The lowest BCUT2D eigenvalue weighted by atomic mass is 10.1. The highest BCUT2D eigenvalue weighted by molar-refractivity contribution is 7.14. The standard InChI is InChI=1S/C24H26FN5OS/c1-3-20-23(28(2)24-27-21(15-32-24)16-4-6-17(25)7-5-16)30-14-18(8-9-22(30)26-20)29-12-10-19(31)11-13-29/h4-9,14-15,19,31H,3,10-13H2,1-2H3. The van der Waals surface area contributed by atoms with E-state index in [2.05, 4.69) is 39.5 Å². The van der Waals surface area contributed by atoms with Crippen LogP contribution in [0.1, 0.15) is 25.5 Å². The van der Waals surface area contributed by atoms with Gasteiger partial charge in [0.2, 0.25) is 0 Å². The summed E-state index contributed by atoms with van der Waals surface area (Å²) in [5, 5.41) is 12.7. The predicted molar refractivity (Wildman–Crippen MR) is 128 cm³/mol. The maximum absolute atomic E-state index is 13.3. The van der Waals surface area contributed by atoms with E-state index < -0.39 is 0 Å². The minimum atomic E-state index is -0.251. The number of fused-ring (bicyclic) bond motifs is 1. The molecule has 1 saturated heterocycles. The summed E-state index contributed by atoms with van der Waals surface area (Å²) in [4.78, 5) is 14.1. The first-order valence-corrected chi connectivity index (χ1v) is 11.8. The van der Waals surface area contributed by atoms with Crippen LogP contribution < -0.4 is 9.80 Å². The molecule has 0 unspecified atom stereocenters. The number of anilines is 3. The van der Waals surface area contributed by atoms with Crippen molar-refractivity contribution in [3.63, 3.8) is 0 Å². The lowest BCUT2D eigenvalue weighted by Crippen LogP contribution is -2.35. The fourth-order valence-corrected chi connectivity index (χ4v) is 5.04. The highest BCUT2D eigenvalue weighted by Crippen LogP contribution is 2.34. The number of halogens is 1. The van der Waals surface area contributed by atoms with Gasteiger partial charge in [0.1, 0.15) is 17.3 Å². The molecule has 166 valence electrons. The number of aromatic nitrogens is 3. The third-order valence-corrected chi connectivity index (χ3v) is 6.97. The second kappa shape index (κ2) is 8.52. The second-order valence-corrected chi connectivity index (χ2v) is 8.99. The van der Waals surface area contributed by atoms with Crippen LogP contribution >= 0.6 is 11.3 Å². The summed E-state index contributed by atoms with van der Waals surface area (Å²) in [5.74, 6) is 0.750. The van der Waals surface area contributed by atoms with Gasteiger partial charge in [0.15, 0.2) is 5.13 Å². The van der Waals surface area contributed by atoms with Crippen LogP contribution in [-0.2, 0) is 6.42 Å². The summed E-state index contributed by atoms with van der Waals surface area (Å²) in [6.07, 6.45) is 4.33. The smallest absolute Gasteiger partial charge is 0.191 e. The lowest BCUT2D eigenvalue weighted by molar-refractivity contribution is 0.145. The van der Waals surface area contributed by atoms with Crippen molar-refractivity contribution >= 4 is 33.6 Å². The molecule has 0 atom stereocenters. The Morgan fingerprint density at radius 1 is 1.12 bits per heavy atom. The molecule has 1 N–H and O–H groups in total. The number of piperidine rings is 1. The molecule has 0 radical (unpaired) electrons. The number of hydrogen-bond donors (Lipinski definition) is 1. The number of pyridine rings is 1. The van der Waals surface area contributed by atoms with Gasteiger partial charge in [0, 0.05) is 37.3 Å². The molecule has 6 nitrogen and oxygen atoms in total. The van der Waals surface area contributed by atoms with Crippen molar-refractivity contribution in [3.05, 3.63) is 59.5 Å². The first-order valence-electron chi connectivity index (χ1n) is 10.9. The van der Waals surface area contributed by atoms with Crippen molar-refractivity contribution in [3.8, 4) is 11.3 Å². The van der Waals surface area contributed by atoms with Gasteiger partial charge in [-0.3, -0.25) is 4.40 Å². The number of aliphatic hydroxyl groups is 1. The molecule has 0 saturated carbocycles. The molecule has 4 aromatic rings. The van der Waals surface area contributed by atoms with Gasteiger partial charge in [-0.1, -0.05) is 6.92 Å². The van der Waals surface area contributed by atoms with E-state index in [1.165, 1.54) is 12.1 Å². The molecule has 0 aliphatic carbocycles. The Morgan fingerprint density at radius 3 is 2.59 bits per heavy atom. The topological polar surface area (TPSA) is 56.9 Å². The van der Waals surface area contributed by atoms with Crippen LogP contribution in [0.25, 0.3) is 16.9 Å². The average molecular weight is 452 g/mol. The van der Waals surface area contributed by atoms with E-state index in [0.29, 0.717) is 0 Å². The number of nitrogens with zero attached hydrogens (tertiary/aromatic N) is 5. The molecule has 0 amide bonds. The molecule has 32 heavy (non-hydrogen) atoms. The normalized spacial score (nSPS) is 14.9. The molecule has 8 heteroatoms. The van der Waals surface area contributed by atoms with Gasteiger partial charge >= 0.3 is 0 Å². The molecule has 4 heterocycles. The predicted octanol–water partition coefficient (Wildman–Crippen LogP) is 4.89. The third kappa shape index (κ3) is 3.84. The van der Waals surface area contributed by atoms with E-state index in [1.807, 2.05) is 12.4 Å². The van der Waals surface area contributed by atoms with E-state index in [4.69, 9.17) is 9.97 Å². The fourth-order valence-electron chi connectivity index (χ4n) is 4.24. The number of thiazole rings is 1. The zero-order valence-electron chi connectivity index (χ0n) is 18.2. The van der Waals surface area contributed by atoms with E-state index in [1.54, 1.807) is 23.5 Å². The lowest BCUT2D eigenvalue weighted by Gasteiger charge is -2.31. The molecule has 1 fully saturated rings. The van der Waals surface area contributed by atoms with Crippen LogP contribution in [0.3, 0.4) is 0 Å². The molecule has 0 bridgehead atoms. The van der Waals surface area contributed by atoms with Crippen LogP contribution in [0.15, 0.2) is 48.0 Å². The van der Waals surface area contributed by atoms with Crippen molar-refractivity contribution in [2.75, 3.05) is 29.9 Å². The van der Waals surface area contributed by atoms with Gasteiger partial charge in [0.05, 0.1) is 23.2 Å². The van der Waals surface area contributed by atoms with Crippen molar-refractivity contribution < 1.29 is 9.50 Å². The number of benzene rings is 1. The monoisotopic (exact) mass is 451 g/mol. The van der Waals surface area contributed by atoms with Gasteiger partial charge in [-0.05, 0) is 55.7 Å². The molecule has 1 aromatic carbocycles. The number of rotatable bonds is 5. The van der Waals surface area contributed by atoms with Crippen LogP contribution in [0, 0.1) is 5.82 Å². The van der Waals surface area contributed by atoms with Crippen molar-refractivity contribution in [2.45, 2.75) is 32.3 Å². The Labute approximate surface area is 190 Å². The van der Waals surface area contributed by atoms with E-state index >= 15 is 0 Å². The molecule has 5 rings (SSSR count). The van der Waals surface area contributed by atoms with E-state index in [-0.39, 0.29) is 11.9 Å². The minimum Gasteiger partial charge on any atom is -0.393 e. The van der Waals surface area contributed by atoms with Gasteiger partial charge in [-0.15, -0.1) is 11.3 Å². The largest absolute Gasteiger partial charge is 0.393 e. The van der Waals surface area contributed by atoms with Gasteiger partial charge < -0.3 is 14.9 Å². The summed E-state index contributed by atoms with van der Waals surface area (Å²) in [6, 6.07) is 10.6. The zero-order chi connectivity index (χ0) is 22.2. The first kappa shape index (κ1) is 20.9. The van der Waals surface area contributed by atoms with E-state index in [9.17, 15) is 9.50 Å². The third-order valence-electron chi connectivity index (χ3n) is 6.05. The average Bonchev–Trinajstić information content (AvgIpc) is 3.44. The summed E-state index contributed by atoms with van der Waals surface area (Å²) in [6.45, 7) is 3.80. The number of aliphatic hydroxyl groups excluding tert-OH is 1. The van der Waals surface area contributed by atoms with Crippen molar-refractivity contribution in [2.24, 2.45) is 0 Å². The molecule has 0 spiro atoms. The second-order valence-electron chi connectivity index (χ2n) is 8.15. The zero-order valence-corrected chi connectivity index (χ0v) is 19.0. The van der Waals surface area contributed by atoms with Crippen LogP contribution in [0.4, 0.5) is 21.0 Å². The Kier molecular flexibility index (Phi) is 5.57. The first-order chi connectivity index (χ1) is 15.5. The van der Waals surface area contributed by atoms with Crippen LogP contribution in [-0.4, -0.2) is 45.7 Å². The Bertz CT molecular complexity index is 1230. The van der Waals surface area contributed by atoms with Gasteiger partial charge in [-0.25, -0.2) is 14.4 Å². The van der Waals surface area contributed by atoms with Gasteiger partial charge in [0.25, 0.3) is 0 Å². The highest BCUT2D eigenvalue weighted by Gasteiger charge is 2.21. The Morgan fingerprint density at radius 2 is 1.88 bits per heavy atom. The SMILES string of the molecule is CCc1nc2ccc(N3CCC(O)CC3)cn2c1N(C)c1nc(-c2ccc(F)cc2)cs1. The van der Waals surface area contributed by atoms with Crippen LogP contribution in [0.5, 0.6) is 0 Å². The molecular weight excluding hydrogens is 425 g/mol. The highest BCUT2D eigenvalue weighted by atomic mass is 32.1. The van der Waals surface area contributed by atoms with Gasteiger partial charge in [-0.2, -0.15) is 0 Å². The fraction of sp³-hybridized carbons (Fsp3) is 0.333. The molecule has 3 aromatic heterocycles. The summed E-state index contributed by atoms with van der Waals surface area (Å²) in [7, 11) is 2.01. The Balaban J connectivity index is 1.51. The summed E-state index contributed by atoms with van der Waals surface area (Å²) in [5.41, 5.74) is 4.77. The van der Waals surface area contributed by atoms with Crippen molar-refractivity contribution in [1.82, 2.24) is 14.4 Å². The maximum Gasteiger partial charge on any atom is 0.191 e. The van der Waals surface area contributed by atoms with E-state index in [0.717, 1.165) is 71.6 Å². The summed E-state index contributed by atoms with van der Waals surface area (Å²) >= 11 is 1.56.